The van der Waals surface area contributed by atoms with Gasteiger partial charge in [0.25, 0.3) is 0 Å². The van der Waals surface area contributed by atoms with Crippen LogP contribution in [0.5, 0.6) is 0 Å². The number of nitrogens with zero attached hydrogens (tertiary/aromatic N) is 2. The summed E-state index contributed by atoms with van der Waals surface area (Å²) < 4.78 is 0. The fourth-order valence-corrected chi connectivity index (χ4v) is 10.6. The van der Waals surface area contributed by atoms with Gasteiger partial charge in [-0.05, 0) is 148 Å². The van der Waals surface area contributed by atoms with Crippen LogP contribution < -0.4 is 9.80 Å². The number of rotatable bonds is 9. The fraction of sp³-hybridized carbons (Fsp3) is 0.0149. The lowest BCUT2D eigenvalue weighted by Gasteiger charge is -2.32. The molecule has 0 aromatic heterocycles. The first kappa shape index (κ1) is 40.3. The van der Waals surface area contributed by atoms with Crippen molar-refractivity contribution >= 4 is 98.8 Å². The molecule has 13 rings (SSSR count). The molecule has 13 aromatic carbocycles. The summed E-state index contributed by atoms with van der Waals surface area (Å²) in [5.74, 6) is -0.122. The number of hydrogen-bond donors (Lipinski definition) is 0. The molecule has 0 aliphatic heterocycles. The molecule has 0 heterocycles. The number of benzene rings is 13. The van der Waals surface area contributed by atoms with Crippen LogP contribution in [0.2, 0.25) is 0 Å². The van der Waals surface area contributed by atoms with Crippen LogP contribution in [0, 0.1) is 0 Å². The van der Waals surface area contributed by atoms with Gasteiger partial charge in [0, 0.05) is 40.0 Å². The predicted octanol–water partition coefficient (Wildman–Crippen LogP) is 18.7. The van der Waals surface area contributed by atoms with E-state index >= 15 is 0 Å². The Hall–Kier alpha value is -8.98. The summed E-state index contributed by atoms with van der Waals surface area (Å²) in [7, 11) is 0. The van der Waals surface area contributed by atoms with E-state index in [4.69, 9.17) is 0 Å². The van der Waals surface area contributed by atoms with Crippen molar-refractivity contribution in [1.29, 1.82) is 0 Å². The summed E-state index contributed by atoms with van der Waals surface area (Å²) in [5, 5.41) is 14.5. The first-order valence-electron chi connectivity index (χ1n) is 23.8. The Bertz CT molecular complexity index is 3400. The fourth-order valence-electron chi connectivity index (χ4n) is 10.6. The van der Waals surface area contributed by atoms with Crippen LogP contribution in [0.1, 0.15) is 22.6 Å². The van der Waals surface area contributed by atoms with Crippen molar-refractivity contribution in [2.75, 3.05) is 9.80 Å². The average molecular weight is 879 g/mol. The minimum Gasteiger partial charge on any atom is -0.310 e. The number of hydrogen-bond acceptors (Lipinski definition) is 2. The summed E-state index contributed by atoms with van der Waals surface area (Å²) in [4.78, 5) is 4.92. The summed E-state index contributed by atoms with van der Waals surface area (Å²) in [6, 6.07) is 101. The van der Waals surface area contributed by atoms with Crippen molar-refractivity contribution < 1.29 is 0 Å². The zero-order chi connectivity index (χ0) is 45.7. The smallest absolute Gasteiger partial charge is 0.0485 e. The van der Waals surface area contributed by atoms with Gasteiger partial charge in [0.2, 0.25) is 0 Å². The van der Waals surface area contributed by atoms with E-state index in [0.717, 1.165) is 34.1 Å². The second kappa shape index (κ2) is 17.0. The zero-order valence-electron chi connectivity index (χ0n) is 38.0. The summed E-state index contributed by atoms with van der Waals surface area (Å²) in [5.41, 5.74) is 10.1. The lowest BCUT2D eigenvalue weighted by Crippen LogP contribution is -2.15. The third-order valence-corrected chi connectivity index (χ3v) is 14.0. The quantitative estimate of drug-likeness (QED) is 0.133. The molecular weight excluding hydrogens is 833 g/mol. The second-order valence-corrected chi connectivity index (χ2v) is 18.2. The average Bonchev–Trinajstić information content (AvgIpc) is 3.41. The molecular formula is C67H46N2. The van der Waals surface area contributed by atoms with E-state index in [9.17, 15) is 0 Å². The lowest BCUT2D eigenvalue weighted by atomic mass is 9.83. The van der Waals surface area contributed by atoms with E-state index in [1.807, 2.05) is 0 Å². The van der Waals surface area contributed by atoms with Crippen molar-refractivity contribution in [3.63, 3.8) is 0 Å². The molecule has 0 spiro atoms. The maximum absolute atomic E-state index is 2.46. The molecule has 0 bridgehead atoms. The molecule has 324 valence electrons. The molecule has 0 fully saturated rings. The van der Waals surface area contributed by atoms with Crippen molar-refractivity contribution in [2.24, 2.45) is 0 Å². The molecule has 2 heteroatoms. The Morgan fingerprint density at radius 1 is 0.174 bits per heavy atom. The van der Waals surface area contributed by atoms with E-state index in [0.29, 0.717) is 0 Å². The van der Waals surface area contributed by atoms with E-state index in [1.165, 1.54) is 81.3 Å². The molecule has 0 atom stereocenters. The molecule has 0 saturated carbocycles. The van der Waals surface area contributed by atoms with Gasteiger partial charge in [0.15, 0.2) is 0 Å². The van der Waals surface area contributed by atoms with Crippen molar-refractivity contribution in [3.8, 4) is 0 Å². The minimum atomic E-state index is -0.122. The summed E-state index contributed by atoms with van der Waals surface area (Å²) in [6.45, 7) is 0. The van der Waals surface area contributed by atoms with Crippen LogP contribution in [0.15, 0.2) is 273 Å². The highest BCUT2D eigenvalue weighted by molar-refractivity contribution is 5.96. The standard InChI is InChI=1S/C67H46N2/c1-7-19-52-37-58(27-25-46(52)13-1)67(59-28-26-47-14-2-8-20-53(47)38-59)60-43-65(68(61-33-29-48-15-3-9-21-54(48)39-61)62-34-30-49-16-4-10-22-55(49)40-62)45-66(44-60)69(63-35-31-50-17-5-11-23-56(50)41-63)64-36-32-51-18-6-12-24-57(51)42-64/h1-45,67H. The summed E-state index contributed by atoms with van der Waals surface area (Å²) in [6.07, 6.45) is 0. The summed E-state index contributed by atoms with van der Waals surface area (Å²) >= 11 is 0. The highest BCUT2D eigenvalue weighted by atomic mass is 15.2. The SMILES string of the molecule is c1ccc2cc(C(c3cc(N(c4ccc5ccccc5c4)c4ccc5ccccc5c4)cc(N(c4ccc5ccccc5c4)c4ccc5ccccc5c4)c3)c3ccc4ccccc4c3)ccc2c1. The molecule has 0 aliphatic carbocycles. The van der Waals surface area contributed by atoms with Gasteiger partial charge in [-0.2, -0.15) is 0 Å². The highest BCUT2D eigenvalue weighted by Crippen LogP contribution is 2.47. The molecule has 13 aromatic rings. The van der Waals surface area contributed by atoms with Crippen LogP contribution in [-0.2, 0) is 0 Å². The van der Waals surface area contributed by atoms with E-state index in [-0.39, 0.29) is 5.92 Å². The van der Waals surface area contributed by atoms with Crippen molar-refractivity contribution in [2.45, 2.75) is 5.92 Å². The molecule has 2 nitrogen and oxygen atoms in total. The molecule has 0 unspecified atom stereocenters. The Kier molecular flexibility index (Phi) is 9.95. The van der Waals surface area contributed by atoms with Gasteiger partial charge in [-0.1, -0.05) is 206 Å². The predicted molar refractivity (Wildman–Crippen MR) is 295 cm³/mol. The largest absolute Gasteiger partial charge is 0.310 e. The zero-order valence-corrected chi connectivity index (χ0v) is 38.0. The monoisotopic (exact) mass is 878 g/mol. The Labute approximate surface area is 402 Å². The minimum absolute atomic E-state index is 0.122. The molecule has 0 aliphatic rings. The number of fused-ring (bicyclic) bond motifs is 6. The van der Waals surface area contributed by atoms with Crippen LogP contribution in [0.4, 0.5) is 34.1 Å². The first-order valence-corrected chi connectivity index (χ1v) is 23.8. The van der Waals surface area contributed by atoms with E-state index < -0.39 is 0 Å². The topological polar surface area (TPSA) is 6.48 Å². The highest BCUT2D eigenvalue weighted by Gasteiger charge is 2.25. The first-order chi connectivity index (χ1) is 34.1. The van der Waals surface area contributed by atoms with Crippen LogP contribution in [0.3, 0.4) is 0 Å². The maximum Gasteiger partial charge on any atom is 0.0485 e. The molecule has 0 N–H and O–H groups in total. The molecule has 0 amide bonds. The Morgan fingerprint density at radius 3 is 0.710 bits per heavy atom. The van der Waals surface area contributed by atoms with E-state index in [2.05, 4.69) is 283 Å². The van der Waals surface area contributed by atoms with Crippen LogP contribution in [0.25, 0.3) is 64.6 Å². The molecule has 69 heavy (non-hydrogen) atoms. The maximum atomic E-state index is 2.46. The Morgan fingerprint density at radius 2 is 0.420 bits per heavy atom. The molecule has 0 radical (unpaired) electrons. The van der Waals surface area contributed by atoms with Gasteiger partial charge < -0.3 is 9.80 Å². The lowest BCUT2D eigenvalue weighted by molar-refractivity contribution is 0.980. The van der Waals surface area contributed by atoms with Gasteiger partial charge in [0.05, 0.1) is 0 Å². The third kappa shape index (κ3) is 7.59. The van der Waals surface area contributed by atoms with Gasteiger partial charge in [-0.3, -0.25) is 0 Å². The van der Waals surface area contributed by atoms with Gasteiger partial charge >= 0.3 is 0 Å². The molecule has 0 saturated heterocycles. The van der Waals surface area contributed by atoms with Gasteiger partial charge in [-0.25, -0.2) is 0 Å². The van der Waals surface area contributed by atoms with Crippen molar-refractivity contribution in [1.82, 2.24) is 0 Å². The third-order valence-electron chi connectivity index (χ3n) is 14.0. The van der Waals surface area contributed by atoms with E-state index in [1.54, 1.807) is 0 Å². The van der Waals surface area contributed by atoms with Crippen LogP contribution in [-0.4, -0.2) is 0 Å². The van der Waals surface area contributed by atoms with Crippen molar-refractivity contribution in [3.05, 3.63) is 290 Å². The van der Waals surface area contributed by atoms with Gasteiger partial charge in [0.1, 0.15) is 0 Å². The second-order valence-electron chi connectivity index (χ2n) is 18.2. The van der Waals surface area contributed by atoms with Crippen LogP contribution >= 0.6 is 0 Å². The normalized spacial score (nSPS) is 11.6. The Balaban J connectivity index is 1.13. The van der Waals surface area contributed by atoms with Gasteiger partial charge in [-0.15, -0.1) is 0 Å². The number of anilines is 6.